The molecule has 1 aromatic carbocycles. The van der Waals surface area contributed by atoms with Gasteiger partial charge in [0.1, 0.15) is 5.69 Å². The van der Waals surface area contributed by atoms with E-state index in [4.69, 9.17) is 0 Å². The van der Waals surface area contributed by atoms with Gasteiger partial charge in [-0.3, -0.25) is 4.79 Å². The molecule has 2 aromatic rings. The van der Waals surface area contributed by atoms with Crippen molar-refractivity contribution in [3.05, 3.63) is 47.8 Å². The van der Waals surface area contributed by atoms with E-state index in [0.29, 0.717) is 11.3 Å². The summed E-state index contributed by atoms with van der Waals surface area (Å²) in [5, 5.41) is 0. The number of hydrogen-bond donors (Lipinski definition) is 0. The third-order valence-corrected chi connectivity index (χ3v) is 2.11. The molecular weight excluding hydrogens is 184 g/mol. The van der Waals surface area contributed by atoms with Crippen LogP contribution in [-0.2, 0) is 0 Å². The Kier molecular flexibility index (Phi) is 2.14. The second kappa shape index (κ2) is 3.45. The first-order valence-corrected chi connectivity index (χ1v) is 4.48. The maximum Gasteiger partial charge on any atom is 0.214 e. The minimum Gasteiger partial charge on any atom is -0.287 e. The lowest BCUT2D eigenvalue weighted by Crippen LogP contribution is -2.00. The van der Waals surface area contributed by atoms with E-state index in [1.54, 1.807) is 12.1 Å². The highest BCUT2D eigenvalue weighted by molar-refractivity contribution is 6.99. The van der Waals surface area contributed by atoms with E-state index in [1.165, 1.54) is 6.20 Å². The monoisotopic (exact) mass is 190 g/mol. The van der Waals surface area contributed by atoms with Gasteiger partial charge >= 0.3 is 0 Å². The lowest BCUT2D eigenvalue weighted by molar-refractivity contribution is 0.103. The molecule has 0 unspecified atom stereocenters. The van der Waals surface area contributed by atoms with Crippen LogP contribution in [0.5, 0.6) is 0 Å². The van der Waals surface area contributed by atoms with Crippen LogP contribution in [0.25, 0.3) is 0 Å². The van der Waals surface area contributed by atoms with Gasteiger partial charge in [0.05, 0.1) is 17.9 Å². The number of ketones is 1. The van der Waals surface area contributed by atoms with Crippen molar-refractivity contribution in [2.24, 2.45) is 0 Å². The molecule has 0 N–H and O–H groups in total. The quantitative estimate of drug-likeness (QED) is 0.678. The maximum absolute atomic E-state index is 11.6. The molecule has 0 aliphatic rings. The molecule has 0 atom stereocenters. The summed E-state index contributed by atoms with van der Waals surface area (Å²) in [6, 6.07) is 9.06. The molecular formula is C9H6N2OS. The van der Waals surface area contributed by atoms with Gasteiger partial charge < -0.3 is 0 Å². The van der Waals surface area contributed by atoms with Crippen molar-refractivity contribution in [1.82, 2.24) is 8.75 Å². The van der Waals surface area contributed by atoms with Crippen molar-refractivity contribution in [2.75, 3.05) is 0 Å². The molecule has 4 heteroatoms. The van der Waals surface area contributed by atoms with E-state index in [-0.39, 0.29) is 5.78 Å². The maximum atomic E-state index is 11.6. The fourth-order valence-corrected chi connectivity index (χ4v) is 1.41. The molecule has 1 aromatic heterocycles. The van der Waals surface area contributed by atoms with Gasteiger partial charge in [0, 0.05) is 5.56 Å². The van der Waals surface area contributed by atoms with Gasteiger partial charge in [-0.1, -0.05) is 30.3 Å². The van der Waals surface area contributed by atoms with Crippen LogP contribution in [0.4, 0.5) is 0 Å². The number of nitrogens with zero attached hydrogens (tertiary/aromatic N) is 2. The molecule has 0 spiro atoms. The number of rotatable bonds is 2. The Labute approximate surface area is 79.4 Å². The van der Waals surface area contributed by atoms with Gasteiger partial charge in [-0.05, 0) is 0 Å². The van der Waals surface area contributed by atoms with Crippen molar-refractivity contribution in [1.29, 1.82) is 0 Å². The molecule has 64 valence electrons. The van der Waals surface area contributed by atoms with Gasteiger partial charge in [0.25, 0.3) is 0 Å². The highest BCUT2D eigenvalue weighted by Crippen LogP contribution is 2.06. The van der Waals surface area contributed by atoms with Crippen molar-refractivity contribution in [2.45, 2.75) is 0 Å². The zero-order valence-electron chi connectivity index (χ0n) is 6.68. The Bertz CT molecular complexity index is 397. The smallest absolute Gasteiger partial charge is 0.214 e. The third kappa shape index (κ3) is 1.62. The Morgan fingerprint density at radius 3 is 2.62 bits per heavy atom. The number of hydrogen-bond acceptors (Lipinski definition) is 4. The number of benzene rings is 1. The Hall–Kier alpha value is -1.55. The number of carbonyl (C=O) groups excluding carboxylic acids is 1. The van der Waals surface area contributed by atoms with Gasteiger partial charge in [0.2, 0.25) is 5.78 Å². The first kappa shape index (κ1) is 8.07. The fourth-order valence-electron chi connectivity index (χ4n) is 1.00. The predicted molar refractivity (Wildman–Crippen MR) is 49.8 cm³/mol. The van der Waals surface area contributed by atoms with Gasteiger partial charge in [-0.15, -0.1) is 0 Å². The molecule has 0 aliphatic carbocycles. The Morgan fingerprint density at radius 1 is 1.23 bits per heavy atom. The minimum absolute atomic E-state index is 0.0747. The lowest BCUT2D eigenvalue weighted by atomic mass is 10.1. The normalized spacial score (nSPS) is 9.85. The van der Waals surface area contributed by atoms with E-state index >= 15 is 0 Å². The molecule has 0 amide bonds. The van der Waals surface area contributed by atoms with Crippen LogP contribution in [0, 0.1) is 0 Å². The summed E-state index contributed by atoms with van der Waals surface area (Å²) < 4.78 is 7.65. The molecule has 0 saturated heterocycles. The van der Waals surface area contributed by atoms with Crippen LogP contribution >= 0.6 is 11.7 Å². The van der Waals surface area contributed by atoms with Gasteiger partial charge in [-0.25, -0.2) is 0 Å². The van der Waals surface area contributed by atoms with Crippen molar-refractivity contribution < 1.29 is 4.79 Å². The Morgan fingerprint density at radius 2 is 2.00 bits per heavy atom. The predicted octanol–water partition coefficient (Wildman–Crippen LogP) is 1.77. The summed E-state index contributed by atoms with van der Waals surface area (Å²) in [5.41, 5.74) is 1.06. The molecule has 2 rings (SSSR count). The average Bonchev–Trinajstić information content (AvgIpc) is 2.71. The topological polar surface area (TPSA) is 42.9 Å². The molecule has 3 nitrogen and oxygen atoms in total. The van der Waals surface area contributed by atoms with Crippen LogP contribution in [0.3, 0.4) is 0 Å². The zero-order valence-corrected chi connectivity index (χ0v) is 7.49. The Balaban J connectivity index is 2.34. The van der Waals surface area contributed by atoms with Gasteiger partial charge in [0.15, 0.2) is 0 Å². The number of aromatic nitrogens is 2. The van der Waals surface area contributed by atoms with Crippen molar-refractivity contribution in [3.63, 3.8) is 0 Å². The van der Waals surface area contributed by atoms with Crippen LogP contribution in [0.15, 0.2) is 36.5 Å². The highest BCUT2D eigenvalue weighted by atomic mass is 32.1. The third-order valence-electron chi connectivity index (χ3n) is 1.63. The second-order valence-electron chi connectivity index (χ2n) is 2.49. The van der Waals surface area contributed by atoms with Gasteiger partial charge in [-0.2, -0.15) is 8.75 Å². The van der Waals surface area contributed by atoms with Crippen LogP contribution in [-0.4, -0.2) is 14.5 Å². The van der Waals surface area contributed by atoms with Crippen molar-refractivity contribution in [3.8, 4) is 0 Å². The van der Waals surface area contributed by atoms with E-state index < -0.39 is 0 Å². The van der Waals surface area contributed by atoms with Crippen molar-refractivity contribution >= 4 is 17.5 Å². The van der Waals surface area contributed by atoms with E-state index in [1.807, 2.05) is 18.2 Å². The van der Waals surface area contributed by atoms with E-state index in [2.05, 4.69) is 8.75 Å². The molecule has 13 heavy (non-hydrogen) atoms. The molecule has 0 bridgehead atoms. The summed E-state index contributed by atoms with van der Waals surface area (Å²) in [5.74, 6) is -0.0747. The van der Waals surface area contributed by atoms with E-state index in [9.17, 15) is 4.79 Å². The molecule has 0 radical (unpaired) electrons. The first-order chi connectivity index (χ1) is 6.38. The summed E-state index contributed by atoms with van der Waals surface area (Å²) in [4.78, 5) is 11.6. The van der Waals surface area contributed by atoms with Crippen LogP contribution in [0.2, 0.25) is 0 Å². The standard InChI is InChI=1S/C9H6N2OS/c12-9(8-6-10-13-11-8)7-4-2-1-3-5-7/h1-6H. The second-order valence-corrected chi connectivity index (χ2v) is 3.04. The highest BCUT2D eigenvalue weighted by Gasteiger charge is 2.10. The lowest BCUT2D eigenvalue weighted by Gasteiger charge is -1.94. The number of carbonyl (C=O) groups is 1. The first-order valence-electron chi connectivity index (χ1n) is 3.75. The summed E-state index contributed by atoms with van der Waals surface area (Å²) in [6.07, 6.45) is 1.49. The average molecular weight is 190 g/mol. The molecule has 0 saturated carbocycles. The molecule has 0 fully saturated rings. The minimum atomic E-state index is -0.0747. The largest absolute Gasteiger partial charge is 0.287 e. The SMILES string of the molecule is O=C(c1ccccc1)c1cnsn1. The zero-order chi connectivity index (χ0) is 9.10. The summed E-state index contributed by atoms with van der Waals surface area (Å²) in [6.45, 7) is 0. The fraction of sp³-hybridized carbons (Fsp3) is 0. The van der Waals surface area contributed by atoms with Crippen LogP contribution < -0.4 is 0 Å². The molecule has 0 aliphatic heterocycles. The summed E-state index contributed by atoms with van der Waals surface area (Å²) >= 11 is 1.04. The molecule has 1 heterocycles. The van der Waals surface area contributed by atoms with Crippen LogP contribution in [0.1, 0.15) is 16.1 Å². The summed E-state index contributed by atoms with van der Waals surface area (Å²) in [7, 11) is 0. The van der Waals surface area contributed by atoms with E-state index in [0.717, 1.165) is 11.7 Å².